The van der Waals surface area contributed by atoms with Crippen molar-refractivity contribution in [1.82, 2.24) is 0 Å². The molecule has 0 aliphatic heterocycles. The molecule has 72 valence electrons. The van der Waals surface area contributed by atoms with Crippen molar-refractivity contribution in [3.63, 3.8) is 0 Å². The molecule has 0 spiro atoms. The smallest absolute Gasteiger partial charge is 0.380 e. The molecule has 0 aliphatic carbocycles. The minimum atomic E-state index is -4.88. The fourth-order valence-electron chi connectivity index (χ4n) is 0.399. The zero-order chi connectivity index (χ0) is 9.94. The minimum Gasteiger partial charge on any atom is -0.380 e. The molecule has 2 unspecified atom stereocenters. The molecule has 4 N–H and O–H groups in total. The average molecular weight is 200 g/mol. The molecule has 0 aromatic carbocycles. The van der Waals surface area contributed by atoms with Gasteiger partial charge >= 0.3 is 7.82 Å². The number of aliphatic hydroxyl groups excluding tert-OH is 2. The van der Waals surface area contributed by atoms with E-state index in [0.29, 0.717) is 0 Å². The van der Waals surface area contributed by atoms with Gasteiger partial charge in [0.1, 0.15) is 0 Å². The zero-order valence-electron chi connectivity index (χ0n) is 6.12. The van der Waals surface area contributed by atoms with Gasteiger partial charge in [0.15, 0.2) is 18.2 Å². The Kier molecular flexibility index (Phi) is 3.98. The molecule has 0 saturated carbocycles. The Labute approximate surface area is 67.8 Å². The molecular formula is C4H9O7P. The van der Waals surface area contributed by atoms with Crippen LogP contribution in [0.5, 0.6) is 0 Å². The number of rotatable bonds is 4. The highest BCUT2D eigenvalue weighted by Gasteiger charge is 2.28. The number of Topliss-reactive ketones (excluding diaryl/α,β-unsaturated/α-hetero) is 1. The van der Waals surface area contributed by atoms with Crippen molar-refractivity contribution in [2.24, 2.45) is 0 Å². The van der Waals surface area contributed by atoms with Gasteiger partial charge < -0.3 is 20.0 Å². The van der Waals surface area contributed by atoms with Gasteiger partial charge in [-0.05, 0) is 6.92 Å². The van der Waals surface area contributed by atoms with E-state index in [9.17, 15) is 9.36 Å². The second-order valence-corrected chi connectivity index (χ2v) is 3.23. The second kappa shape index (κ2) is 4.08. The molecule has 0 rings (SSSR count). The van der Waals surface area contributed by atoms with E-state index < -0.39 is 26.0 Å². The molecule has 0 aromatic heterocycles. The Bertz CT molecular complexity index is 207. The van der Waals surface area contributed by atoms with Crippen LogP contribution in [0.3, 0.4) is 0 Å². The molecule has 0 radical (unpaired) electrons. The van der Waals surface area contributed by atoms with Crippen molar-refractivity contribution >= 4 is 13.6 Å². The van der Waals surface area contributed by atoms with Gasteiger partial charge in [-0.3, -0.25) is 9.32 Å². The summed E-state index contributed by atoms with van der Waals surface area (Å²) >= 11 is 0. The van der Waals surface area contributed by atoms with Crippen molar-refractivity contribution < 1.29 is 33.9 Å². The SMILES string of the molecule is CC(=O)C(O)C(O)OP(=O)(O)O. The lowest BCUT2D eigenvalue weighted by Crippen LogP contribution is -2.33. The summed E-state index contributed by atoms with van der Waals surface area (Å²) in [4.78, 5) is 26.6. The van der Waals surface area contributed by atoms with Crippen LogP contribution in [0.4, 0.5) is 0 Å². The third-order valence-electron chi connectivity index (χ3n) is 0.932. The number of carbonyl (C=O) groups is 1. The summed E-state index contributed by atoms with van der Waals surface area (Å²) < 4.78 is 13.7. The molecule has 0 saturated heterocycles. The van der Waals surface area contributed by atoms with Crippen LogP contribution in [0.1, 0.15) is 6.92 Å². The van der Waals surface area contributed by atoms with E-state index in [1.165, 1.54) is 0 Å². The zero-order valence-corrected chi connectivity index (χ0v) is 7.01. The molecule has 0 aromatic rings. The summed E-state index contributed by atoms with van der Waals surface area (Å²) in [5, 5.41) is 17.3. The number of hydrogen-bond donors (Lipinski definition) is 4. The van der Waals surface area contributed by atoms with Gasteiger partial charge in [-0.25, -0.2) is 4.57 Å². The third kappa shape index (κ3) is 4.55. The van der Waals surface area contributed by atoms with E-state index in [0.717, 1.165) is 6.92 Å². The summed E-state index contributed by atoms with van der Waals surface area (Å²) in [5.74, 6) is -0.851. The summed E-state index contributed by atoms with van der Waals surface area (Å²) in [6, 6.07) is 0. The van der Waals surface area contributed by atoms with Gasteiger partial charge in [0.05, 0.1) is 0 Å². The van der Waals surface area contributed by atoms with E-state index in [2.05, 4.69) is 4.52 Å². The average Bonchev–Trinajstić information content (AvgIpc) is 1.82. The summed E-state index contributed by atoms with van der Waals surface area (Å²) in [5.41, 5.74) is 0. The molecule has 12 heavy (non-hydrogen) atoms. The van der Waals surface area contributed by atoms with E-state index >= 15 is 0 Å². The number of hydrogen-bond acceptors (Lipinski definition) is 5. The minimum absolute atomic E-state index is 0.851. The highest BCUT2D eigenvalue weighted by Crippen LogP contribution is 2.37. The predicted molar refractivity (Wildman–Crippen MR) is 35.8 cm³/mol. The molecular weight excluding hydrogens is 191 g/mol. The molecule has 2 atom stereocenters. The maximum Gasteiger partial charge on any atom is 0.472 e. The number of phosphoric acid groups is 1. The lowest BCUT2D eigenvalue weighted by Gasteiger charge is -2.15. The fraction of sp³-hybridized carbons (Fsp3) is 0.750. The first-order valence-corrected chi connectivity index (χ1v) is 4.37. The van der Waals surface area contributed by atoms with Crippen LogP contribution < -0.4 is 0 Å². The Morgan fingerprint density at radius 3 is 2.08 bits per heavy atom. The Balaban J connectivity index is 4.13. The maximum absolute atomic E-state index is 10.3. The summed E-state index contributed by atoms with van der Waals surface area (Å²) in [6.07, 6.45) is -4.15. The fourth-order valence-corrected chi connectivity index (χ4v) is 0.796. The van der Waals surface area contributed by atoms with E-state index in [1.54, 1.807) is 0 Å². The highest BCUT2D eigenvalue weighted by atomic mass is 31.2. The van der Waals surface area contributed by atoms with E-state index in [-0.39, 0.29) is 0 Å². The molecule has 8 heteroatoms. The number of aliphatic hydroxyl groups is 2. The monoisotopic (exact) mass is 200 g/mol. The van der Waals surface area contributed by atoms with Crippen molar-refractivity contribution in [2.45, 2.75) is 19.3 Å². The molecule has 0 aliphatic rings. The standard InChI is InChI=1S/C4H9O7P/c1-2(5)3(6)4(7)11-12(8,9)10/h3-4,6-7H,1H3,(H2,8,9,10). The van der Waals surface area contributed by atoms with Gasteiger partial charge in [0, 0.05) is 0 Å². The van der Waals surface area contributed by atoms with Crippen LogP contribution in [-0.4, -0.2) is 38.2 Å². The highest BCUT2D eigenvalue weighted by molar-refractivity contribution is 7.46. The topological polar surface area (TPSA) is 124 Å². The maximum atomic E-state index is 10.3. The number of carbonyl (C=O) groups excluding carboxylic acids is 1. The van der Waals surface area contributed by atoms with Crippen LogP contribution in [0.15, 0.2) is 0 Å². The van der Waals surface area contributed by atoms with Crippen LogP contribution in [0.25, 0.3) is 0 Å². The first-order chi connectivity index (χ1) is 5.24. The Hall–Kier alpha value is -0.300. The van der Waals surface area contributed by atoms with Crippen LogP contribution in [0.2, 0.25) is 0 Å². The normalized spacial score (nSPS) is 17.1. The lowest BCUT2D eigenvalue weighted by atomic mass is 10.2. The lowest BCUT2D eigenvalue weighted by molar-refractivity contribution is -0.149. The van der Waals surface area contributed by atoms with Crippen LogP contribution in [0, 0.1) is 0 Å². The van der Waals surface area contributed by atoms with Gasteiger partial charge in [-0.1, -0.05) is 0 Å². The van der Waals surface area contributed by atoms with E-state index in [1.807, 2.05) is 0 Å². The summed E-state index contributed by atoms with van der Waals surface area (Å²) in [7, 11) is -4.88. The quantitative estimate of drug-likeness (QED) is 0.317. The third-order valence-corrected chi connectivity index (χ3v) is 1.42. The second-order valence-electron chi connectivity index (χ2n) is 2.04. The first kappa shape index (κ1) is 11.7. The van der Waals surface area contributed by atoms with Crippen molar-refractivity contribution in [2.75, 3.05) is 0 Å². The Morgan fingerprint density at radius 1 is 1.42 bits per heavy atom. The molecule has 0 amide bonds. The Morgan fingerprint density at radius 2 is 1.83 bits per heavy atom. The summed E-state index contributed by atoms with van der Waals surface area (Å²) in [6.45, 7) is 0.941. The number of ketones is 1. The van der Waals surface area contributed by atoms with Gasteiger partial charge in [0.2, 0.25) is 0 Å². The first-order valence-electron chi connectivity index (χ1n) is 2.84. The van der Waals surface area contributed by atoms with Crippen molar-refractivity contribution in [3.8, 4) is 0 Å². The van der Waals surface area contributed by atoms with Crippen LogP contribution >= 0.6 is 7.82 Å². The van der Waals surface area contributed by atoms with Gasteiger partial charge in [0.25, 0.3) is 0 Å². The van der Waals surface area contributed by atoms with Gasteiger partial charge in [-0.15, -0.1) is 0 Å². The number of phosphoric ester groups is 1. The van der Waals surface area contributed by atoms with Crippen molar-refractivity contribution in [3.05, 3.63) is 0 Å². The van der Waals surface area contributed by atoms with Gasteiger partial charge in [-0.2, -0.15) is 0 Å². The van der Waals surface area contributed by atoms with E-state index in [4.69, 9.17) is 20.0 Å². The molecule has 0 heterocycles. The van der Waals surface area contributed by atoms with Crippen LogP contribution in [-0.2, 0) is 13.9 Å². The molecule has 0 fully saturated rings. The molecule has 0 bridgehead atoms. The predicted octanol–water partition coefficient (Wildman–Crippen LogP) is -1.64. The van der Waals surface area contributed by atoms with Crippen molar-refractivity contribution in [1.29, 1.82) is 0 Å². The molecule has 7 nitrogen and oxygen atoms in total. The largest absolute Gasteiger partial charge is 0.472 e.